The molecule has 0 saturated heterocycles. The van der Waals surface area contributed by atoms with Crippen molar-refractivity contribution in [3.8, 4) is 5.88 Å². The summed E-state index contributed by atoms with van der Waals surface area (Å²) in [6, 6.07) is 9.67. The Morgan fingerprint density at radius 2 is 2.11 bits per heavy atom. The second kappa shape index (κ2) is 6.12. The number of aromatic nitrogens is 2. The number of rotatable bonds is 5. The fourth-order valence-electron chi connectivity index (χ4n) is 1.67. The first-order chi connectivity index (χ1) is 8.79. The summed E-state index contributed by atoms with van der Waals surface area (Å²) in [4.78, 5) is 8.59. The van der Waals surface area contributed by atoms with Gasteiger partial charge < -0.3 is 10.5 Å². The van der Waals surface area contributed by atoms with Gasteiger partial charge in [-0.15, -0.1) is 0 Å². The summed E-state index contributed by atoms with van der Waals surface area (Å²) in [5.74, 6) is 0.639. The van der Waals surface area contributed by atoms with Gasteiger partial charge in [0.1, 0.15) is 0 Å². The number of nitrogens with zero attached hydrogens (tertiary/aromatic N) is 2. The van der Waals surface area contributed by atoms with Crippen molar-refractivity contribution in [3.63, 3.8) is 0 Å². The molecule has 4 heteroatoms. The van der Waals surface area contributed by atoms with Gasteiger partial charge in [0.25, 0.3) is 0 Å². The molecule has 2 aromatic rings. The van der Waals surface area contributed by atoms with E-state index in [9.17, 15) is 0 Å². The van der Waals surface area contributed by atoms with E-state index in [2.05, 4.69) is 9.97 Å². The summed E-state index contributed by atoms with van der Waals surface area (Å²) < 4.78 is 5.60. The summed E-state index contributed by atoms with van der Waals surface area (Å²) in [6.07, 6.45) is 2.56. The van der Waals surface area contributed by atoms with Crippen LogP contribution in [0.2, 0.25) is 0 Å². The molecule has 2 rings (SSSR count). The minimum Gasteiger partial charge on any atom is -0.477 e. The zero-order valence-corrected chi connectivity index (χ0v) is 10.5. The van der Waals surface area contributed by atoms with Crippen molar-refractivity contribution in [1.29, 1.82) is 0 Å². The average Bonchev–Trinajstić information content (AvgIpc) is 2.40. The molecule has 0 spiro atoms. The summed E-state index contributed by atoms with van der Waals surface area (Å²) in [5, 5.41) is 0. The van der Waals surface area contributed by atoms with E-state index in [1.54, 1.807) is 6.20 Å². The molecule has 0 saturated carbocycles. The Morgan fingerprint density at radius 3 is 2.78 bits per heavy atom. The van der Waals surface area contributed by atoms with Gasteiger partial charge in [-0.05, 0) is 24.6 Å². The molecule has 2 heterocycles. The largest absolute Gasteiger partial charge is 0.477 e. The lowest BCUT2D eigenvalue weighted by Crippen LogP contribution is -2.06. The van der Waals surface area contributed by atoms with E-state index in [1.165, 1.54) is 0 Å². The van der Waals surface area contributed by atoms with Crippen LogP contribution in [-0.4, -0.2) is 16.6 Å². The van der Waals surface area contributed by atoms with Gasteiger partial charge in [-0.1, -0.05) is 12.1 Å². The summed E-state index contributed by atoms with van der Waals surface area (Å²) in [7, 11) is 0. The summed E-state index contributed by atoms with van der Waals surface area (Å²) in [6.45, 7) is 3.02. The maximum Gasteiger partial charge on any atom is 0.213 e. The zero-order valence-electron chi connectivity index (χ0n) is 10.5. The minimum atomic E-state index is 0.507. The molecule has 0 aliphatic carbocycles. The molecule has 0 amide bonds. The first-order valence-electron chi connectivity index (χ1n) is 5.99. The fourth-order valence-corrected chi connectivity index (χ4v) is 1.67. The molecule has 0 aromatic carbocycles. The number of aryl methyl sites for hydroxylation is 1. The third-order valence-electron chi connectivity index (χ3n) is 2.72. The van der Waals surface area contributed by atoms with Crippen molar-refractivity contribution in [2.75, 3.05) is 6.61 Å². The van der Waals surface area contributed by atoms with Crippen LogP contribution in [0.5, 0.6) is 5.88 Å². The number of hydrogen-bond acceptors (Lipinski definition) is 4. The maximum absolute atomic E-state index is 5.60. The van der Waals surface area contributed by atoms with Gasteiger partial charge in [-0.25, -0.2) is 4.98 Å². The summed E-state index contributed by atoms with van der Waals surface area (Å²) >= 11 is 0. The molecule has 0 atom stereocenters. The molecular weight excluding hydrogens is 226 g/mol. The monoisotopic (exact) mass is 243 g/mol. The lowest BCUT2D eigenvalue weighted by Gasteiger charge is -2.07. The Balaban J connectivity index is 1.89. The van der Waals surface area contributed by atoms with Crippen LogP contribution in [0.1, 0.15) is 17.0 Å². The van der Waals surface area contributed by atoms with E-state index in [0.29, 0.717) is 19.0 Å². The Hall–Kier alpha value is -1.94. The Kier molecular flexibility index (Phi) is 4.25. The van der Waals surface area contributed by atoms with Crippen molar-refractivity contribution in [1.82, 2.24) is 9.97 Å². The lowest BCUT2D eigenvalue weighted by atomic mass is 10.2. The highest BCUT2D eigenvalue weighted by Crippen LogP contribution is 2.12. The van der Waals surface area contributed by atoms with Crippen LogP contribution in [-0.2, 0) is 13.0 Å². The molecule has 18 heavy (non-hydrogen) atoms. The molecule has 0 bridgehead atoms. The van der Waals surface area contributed by atoms with Gasteiger partial charge in [0.2, 0.25) is 5.88 Å². The van der Waals surface area contributed by atoms with Crippen LogP contribution < -0.4 is 10.5 Å². The first-order valence-corrected chi connectivity index (χ1v) is 5.99. The Labute approximate surface area is 107 Å². The van der Waals surface area contributed by atoms with E-state index < -0.39 is 0 Å². The number of pyridine rings is 2. The lowest BCUT2D eigenvalue weighted by molar-refractivity contribution is 0.307. The number of nitrogens with two attached hydrogens (primary N) is 1. The highest BCUT2D eigenvalue weighted by atomic mass is 16.5. The van der Waals surface area contributed by atoms with E-state index in [1.807, 2.05) is 37.3 Å². The predicted molar refractivity (Wildman–Crippen MR) is 70.3 cm³/mol. The number of ether oxygens (including phenoxy) is 1. The second-order valence-corrected chi connectivity index (χ2v) is 4.02. The highest BCUT2D eigenvalue weighted by Gasteiger charge is 2.01. The van der Waals surface area contributed by atoms with Crippen molar-refractivity contribution < 1.29 is 4.74 Å². The molecule has 0 radical (unpaired) electrons. The van der Waals surface area contributed by atoms with E-state index in [0.717, 1.165) is 23.4 Å². The molecule has 0 aliphatic rings. The molecular formula is C14H17N3O. The fraction of sp³-hybridized carbons (Fsp3) is 0.286. The SMILES string of the molecule is Cc1nc(OCCc2ccccn2)ccc1CN. The minimum absolute atomic E-state index is 0.507. The molecule has 0 aliphatic heterocycles. The van der Waals surface area contributed by atoms with Gasteiger partial charge in [-0.2, -0.15) is 0 Å². The Bertz CT molecular complexity index is 500. The number of hydrogen-bond donors (Lipinski definition) is 1. The molecule has 0 unspecified atom stereocenters. The van der Waals surface area contributed by atoms with Gasteiger partial charge >= 0.3 is 0 Å². The van der Waals surface area contributed by atoms with E-state index >= 15 is 0 Å². The maximum atomic E-state index is 5.60. The topological polar surface area (TPSA) is 61.0 Å². The molecule has 2 N–H and O–H groups in total. The van der Waals surface area contributed by atoms with Crippen LogP contribution >= 0.6 is 0 Å². The summed E-state index contributed by atoms with van der Waals surface area (Å²) in [5.41, 5.74) is 8.58. The van der Waals surface area contributed by atoms with Crippen LogP contribution in [0.25, 0.3) is 0 Å². The van der Waals surface area contributed by atoms with Crippen LogP contribution in [0.15, 0.2) is 36.5 Å². The van der Waals surface area contributed by atoms with E-state index in [4.69, 9.17) is 10.5 Å². The average molecular weight is 243 g/mol. The molecule has 0 fully saturated rings. The standard InChI is InChI=1S/C14H17N3O/c1-11-12(10-15)5-6-14(17-11)18-9-7-13-4-2-3-8-16-13/h2-6,8H,7,9-10,15H2,1H3. The molecule has 4 nitrogen and oxygen atoms in total. The van der Waals surface area contributed by atoms with Gasteiger partial charge in [0.05, 0.1) is 6.61 Å². The van der Waals surface area contributed by atoms with Crippen LogP contribution in [0.3, 0.4) is 0 Å². The smallest absolute Gasteiger partial charge is 0.213 e. The van der Waals surface area contributed by atoms with Crippen LogP contribution in [0, 0.1) is 6.92 Å². The quantitative estimate of drug-likeness (QED) is 0.870. The van der Waals surface area contributed by atoms with Crippen molar-refractivity contribution in [2.24, 2.45) is 5.73 Å². The van der Waals surface area contributed by atoms with E-state index in [-0.39, 0.29) is 0 Å². The van der Waals surface area contributed by atoms with Crippen molar-refractivity contribution in [2.45, 2.75) is 19.9 Å². The molecule has 2 aromatic heterocycles. The third kappa shape index (κ3) is 3.28. The predicted octanol–water partition coefficient (Wildman–Crippen LogP) is 1.87. The van der Waals surface area contributed by atoms with Crippen molar-refractivity contribution >= 4 is 0 Å². The highest BCUT2D eigenvalue weighted by molar-refractivity contribution is 5.24. The molecule has 94 valence electrons. The van der Waals surface area contributed by atoms with Gasteiger partial charge in [-0.3, -0.25) is 4.98 Å². The van der Waals surface area contributed by atoms with Gasteiger partial charge in [0, 0.05) is 36.6 Å². The van der Waals surface area contributed by atoms with Gasteiger partial charge in [0.15, 0.2) is 0 Å². The first kappa shape index (κ1) is 12.5. The third-order valence-corrected chi connectivity index (χ3v) is 2.72. The Morgan fingerprint density at radius 1 is 1.22 bits per heavy atom. The van der Waals surface area contributed by atoms with Crippen molar-refractivity contribution in [3.05, 3.63) is 53.5 Å². The van der Waals surface area contributed by atoms with Crippen LogP contribution in [0.4, 0.5) is 0 Å². The zero-order chi connectivity index (χ0) is 12.8. The second-order valence-electron chi connectivity index (χ2n) is 4.02. The normalized spacial score (nSPS) is 10.3.